The summed E-state index contributed by atoms with van der Waals surface area (Å²) in [5.74, 6) is 1.57. The molecule has 3 N–H and O–H groups in total. The highest BCUT2D eigenvalue weighted by atomic mass is 16.5. The maximum atomic E-state index is 11.8. The minimum atomic E-state index is -0.120. The van der Waals surface area contributed by atoms with E-state index in [-0.39, 0.29) is 12.3 Å². The summed E-state index contributed by atoms with van der Waals surface area (Å²) in [7, 11) is 0. The molecule has 1 aromatic carbocycles. The van der Waals surface area contributed by atoms with Crippen LogP contribution >= 0.6 is 0 Å². The van der Waals surface area contributed by atoms with Crippen LogP contribution in [0.5, 0.6) is 5.75 Å². The zero-order chi connectivity index (χ0) is 15.9. The molecule has 0 atom stereocenters. The number of anilines is 2. The first kappa shape index (κ1) is 15.8. The van der Waals surface area contributed by atoms with Gasteiger partial charge < -0.3 is 15.8 Å². The lowest BCUT2D eigenvalue weighted by Crippen LogP contribution is -2.15. The van der Waals surface area contributed by atoms with E-state index in [1.54, 1.807) is 12.1 Å². The monoisotopic (exact) mass is 299 g/mol. The lowest BCUT2D eigenvalue weighted by Gasteiger charge is -2.09. The maximum Gasteiger partial charge on any atom is 0.227 e. The third-order valence-electron chi connectivity index (χ3n) is 3.21. The van der Waals surface area contributed by atoms with Crippen molar-refractivity contribution in [1.82, 2.24) is 4.98 Å². The molecule has 2 aromatic rings. The highest BCUT2D eigenvalue weighted by Crippen LogP contribution is 2.18. The topological polar surface area (TPSA) is 77.2 Å². The molecular weight excluding hydrogens is 278 g/mol. The van der Waals surface area contributed by atoms with Crippen molar-refractivity contribution < 1.29 is 9.53 Å². The summed E-state index contributed by atoms with van der Waals surface area (Å²) in [6.07, 6.45) is 1.80. The van der Waals surface area contributed by atoms with Crippen molar-refractivity contribution in [3.05, 3.63) is 48.2 Å². The summed E-state index contributed by atoms with van der Waals surface area (Å²) in [5, 5.41) is 2.74. The highest BCUT2D eigenvalue weighted by molar-refractivity contribution is 5.90. The molecule has 0 bridgehead atoms. The highest BCUT2D eigenvalue weighted by Gasteiger charge is 2.04. The van der Waals surface area contributed by atoms with Crippen LogP contribution in [0, 0.1) is 0 Å². The number of nitrogens with one attached hydrogen (secondary N) is 1. The number of benzene rings is 1. The number of hydrogen-bond acceptors (Lipinski definition) is 4. The number of carbonyl (C=O) groups is 1. The second-order valence-electron chi connectivity index (χ2n) is 5.34. The minimum Gasteiger partial charge on any atom is -0.493 e. The Morgan fingerprint density at radius 1 is 1.23 bits per heavy atom. The number of carbonyl (C=O) groups excluding carboxylic acids is 1. The number of rotatable bonds is 6. The third kappa shape index (κ3) is 4.77. The summed E-state index contributed by atoms with van der Waals surface area (Å²) in [4.78, 5) is 15.7. The third-order valence-corrected chi connectivity index (χ3v) is 3.21. The van der Waals surface area contributed by atoms with Crippen molar-refractivity contribution in [2.24, 2.45) is 0 Å². The van der Waals surface area contributed by atoms with E-state index in [2.05, 4.69) is 24.1 Å². The van der Waals surface area contributed by atoms with Gasteiger partial charge in [-0.3, -0.25) is 4.79 Å². The molecule has 0 fully saturated rings. The Balaban J connectivity index is 1.75. The number of nitrogens with two attached hydrogens (primary N) is 1. The molecule has 116 valence electrons. The molecule has 1 heterocycles. The second-order valence-corrected chi connectivity index (χ2v) is 5.34. The van der Waals surface area contributed by atoms with Crippen molar-refractivity contribution in [2.45, 2.75) is 26.2 Å². The fraction of sp³-hybridized carbons (Fsp3) is 0.294. The first-order valence-electron chi connectivity index (χ1n) is 7.29. The van der Waals surface area contributed by atoms with Gasteiger partial charge in [-0.1, -0.05) is 26.0 Å². The largest absolute Gasteiger partial charge is 0.493 e. The molecule has 0 aliphatic heterocycles. The lowest BCUT2D eigenvalue weighted by molar-refractivity contribution is -0.116. The first-order chi connectivity index (χ1) is 10.5. The Labute approximate surface area is 130 Å². The van der Waals surface area contributed by atoms with E-state index in [4.69, 9.17) is 10.5 Å². The van der Waals surface area contributed by atoms with E-state index in [0.29, 0.717) is 24.0 Å². The molecule has 0 aliphatic carbocycles. The lowest BCUT2D eigenvalue weighted by atomic mass is 10.0. The van der Waals surface area contributed by atoms with Gasteiger partial charge in [-0.25, -0.2) is 4.98 Å². The molecule has 5 heteroatoms. The van der Waals surface area contributed by atoms with E-state index >= 15 is 0 Å². The van der Waals surface area contributed by atoms with E-state index in [1.807, 2.05) is 24.3 Å². The molecular formula is C17H21N3O2. The van der Waals surface area contributed by atoms with Crippen LogP contribution in [0.3, 0.4) is 0 Å². The van der Waals surface area contributed by atoms with Crippen molar-refractivity contribution in [3.8, 4) is 5.75 Å². The zero-order valence-corrected chi connectivity index (χ0v) is 12.9. The van der Waals surface area contributed by atoms with Crippen LogP contribution in [-0.4, -0.2) is 17.5 Å². The Morgan fingerprint density at radius 2 is 1.95 bits per heavy atom. The number of aromatic nitrogens is 1. The molecule has 0 saturated heterocycles. The fourth-order valence-electron chi connectivity index (χ4n) is 1.91. The molecule has 1 amide bonds. The first-order valence-corrected chi connectivity index (χ1v) is 7.29. The predicted molar refractivity (Wildman–Crippen MR) is 87.9 cm³/mol. The Kier molecular flexibility index (Phi) is 5.36. The number of nitrogens with zero attached hydrogens (tertiary/aromatic N) is 1. The van der Waals surface area contributed by atoms with Gasteiger partial charge in [0.05, 0.1) is 24.9 Å². The normalized spacial score (nSPS) is 10.5. The van der Waals surface area contributed by atoms with Crippen LogP contribution < -0.4 is 15.8 Å². The molecule has 0 unspecified atom stereocenters. The Hall–Kier alpha value is -2.56. The van der Waals surface area contributed by atoms with Gasteiger partial charge in [-0.05, 0) is 35.7 Å². The van der Waals surface area contributed by atoms with Gasteiger partial charge in [0.1, 0.15) is 11.6 Å². The van der Waals surface area contributed by atoms with E-state index in [9.17, 15) is 4.79 Å². The molecule has 5 nitrogen and oxygen atoms in total. The number of ether oxygens (including phenoxy) is 1. The number of amides is 1. The van der Waals surface area contributed by atoms with Gasteiger partial charge in [0.2, 0.25) is 5.91 Å². The quantitative estimate of drug-likeness (QED) is 0.858. The van der Waals surface area contributed by atoms with Gasteiger partial charge in [0.15, 0.2) is 0 Å². The fourth-order valence-corrected chi connectivity index (χ4v) is 1.91. The molecule has 0 saturated carbocycles. The molecule has 0 radical (unpaired) electrons. The van der Waals surface area contributed by atoms with Gasteiger partial charge in [-0.15, -0.1) is 0 Å². The average Bonchev–Trinajstić information content (AvgIpc) is 2.50. The molecule has 0 spiro atoms. The summed E-state index contributed by atoms with van der Waals surface area (Å²) in [6, 6.07) is 11.3. The molecule has 1 aromatic heterocycles. The van der Waals surface area contributed by atoms with Crippen LogP contribution in [0.4, 0.5) is 11.5 Å². The van der Waals surface area contributed by atoms with Crippen LogP contribution in [0.1, 0.15) is 31.7 Å². The van der Waals surface area contributed by atoms with Crippen LogP contribution in [0.25, 0.3) is 0 Å². The van der Waals surface area contributed by atoms with Gasteiger partial charge in [-0.2, -0.15) is 0 Å². The van der Waals surface area contributed by atoms with Crippen molar-refractivity contribution in [2.75, 3.05) is 17.7 Å². The van der Waals surface area contributed by atoms with Crippen LogP contribution in [0.15, 0.2) is 42.6 Å². The van der Waals surface area contributed by atoms with E-state index in [0.717, 1.165) is 5.75 Å². The van der Waals surface area contributed by atoms with E-state index in [1.165, 1.54) is 11.8 Å². The van der Waals surface area contributed by atoms with Gasteiger partial charge in [0, 0.05) is 0 Å². The standard InChI is InChI=1S/C17H21N3O2/c1-12(2)13-3-6-15(7-4-13)22-10-9-17(21)20-14-5-8-16(18)19-11-14/h3-8,11-12H,9-10H2,1-2H3,(H2,18,19)(H,20,21). The van der Waals surface area contributed by atoms with E-state index < -0.39 is 0 Å². The van der Waals surface area contributed by atoms with Gasteiger partial charge in [0.25, 0.3) is 0 Å². The Bertz CT molecular complexity index is 607. The summed E-state index contributed by atoms with van der Waals surface area (Å²) in [5.41, 5.74) is 7.38. The van der Waals surface area contributed by atoms with Crippen LogP contribution in [0.2, 0.25) is 0 Å². The molecule has 2 rings (SSSR count). The zero-order valence-electron chi connectivity index (χ0n) is 12.9. The number of nitrogen functional groups attached to an aromatic ring is 1. The second kappa shape index (κ2) is 7.45. The van der Waals surface area contributed by atoms with Gasteiger partial charge >= 0.3 is 0 Å². The number of hydrogen-bond donors (Lipinski definition) is 2. The predicted octanol–water partition coefficient (Wildman–Crippen LogP) is 3.19. The Morgan fingerprint density at radius 3 is 2.55 bits per heavy atom. The smallest absolute Gasteiger partial charge is 0.227 e. The SMILES string of the molecule is CC(C)c1ccc(OCCC(=O)Nc2ccc(N)nc2)cc1. The summed E-state index contributed by atoms with van der Waals surface area (Å²) in [6.45, 7) is 4.62. The maximum absolute atomic E-state index is 11.8. The summed E-state index contributed by atoms with van der Waals surface area (Å²) >= 11 is 0. The van der Waals surface area contributed by atoms with Crippen molar-refractivity contribution in [1.29, 1.82) is 0 Å². The molecule has 0 aliphatic rings. The number of pyridine rings is 1. The van der Waals surface area contributed by atoms with Crippen molar-refractivity contribution >= 4 is 17.4 Å². The minimum absolute atomic E-state index is 0.120. The van der Waals surface area contributed by atoms with Crippen LogP contribution in [-0.2, 0) is 4.79 Å². The summed E-state index contributed by atoms with van der Waals surface area (Å²) < 4.78 is 5.57. The average molecular weight is 299 g/mol. The van der Waals surface area contributed by atoms with Crippen molar-refractivity contribution in [3.63, 3.8) is 0 Å². The molecule has 22 heavy (non-hydrogen) atoms.